The number of fused-ring (bicyclic) bond motifs is 4. The Morgan fingerprint density at radius 1 is 1.13 bits per heavy atom. The number of nitrogens with two attached hydrogens (primary N) is 1. The number of unbranched alkanes of at least 4 members (excludes halogenated alkanes) is 4. The van der Waals surface area contributed by atoms with Gasteiger partial charge in [0.2, 0.25) is 0 Å². The van der Waals surface area contributed by atoms with Crippen LogP contribution in [-0.4, -0.2) is 12.0 Å². The van der Waals surface area contributed by atoms with E-state index in [4.69, 9.17) is 10.5 Å². The maximum atomic E-state index is 15.0. The van der Waals surface area contributed by atoms with E-state index in [1.807, 2.05) is 19.9 Å². The first-order valence-corrected chi connectivity index (χ1v) is 12.1. The van der Waals surface area contributed by atoms with Gasteiger partial charge in [-0.2, -0.15) is 0 Å². The molecule has 1 saturated carbocycles. The normalized spacial score (nSPS) is 24.0. The molecule has 3 nitrogen and oxygen atoms in total. The first kappa shape index (κ1) is 23.2. The Labute approximate surface area is 181 Å². The summed E-state index contributed by atoms with van der Waals surface area (Å²) < 4.78 is 20.7. The third kappa shape index (κ3) is 5.43. The van der Waals surface area contributed by atoms with Crippen molar-refractivity contribution >= 4 is 5.97 Å². The molecule has 2 bridgehead atoms. The Kier molecular flexibility index (Phi) is 7.95. The number of hydrogen-bond acceptors (Lipinski definition) is 3. The van der Waals surface area contributed by atoms with Gasteiger partial charge in [0.1, 0.15) is 11.6 Å². The van der Waals surface area contributed by atoms with Gasteiger partial charge in [-0.1, -0.05) is 58.3 Å². The lowest BCUT2D eigenvalue weighted by Gasteiger charge is -2.39. The van der Waals surface area contributed by atoms with Gasteiger partial charge in [-0.25, -0.2) is 4.39 Å². The van der Waals surface area contributed by atoms with E-state index in [1.165, 1.54) is 38.2 Å². The molecule has 1 fully saturated rings. The molecule has 3 rings (SSSR count). The van der Waals surface area contributed by atoms with Crippen molar-refractivity contribution in [1.82, 2.24) is 0 Å². The minimum atomic E-state index is -0.569. The fourth-order valence-corrected chi connectivity index (χ4v) is 5.28. The third-order valence-corrected chi connectivity index (χ3v) is 7.34. The lowest BCUT2D eigenvalue weighted by atomic mass is 9.68. The first-order chi connectivity index (χ1) is 14.3. The van der Waals surface area contributed by atoms with Crippen LogP contribution in [-0.2, 0) is 11.2 Å². The number of carbonyl (C=O) groups is 1. The van der Waals surface area contributed by atoms with E-state index in [-0.39, 0.29) is 23.7 Å². The van der Waals surface area contributed by atoms with Crippen molar-refractivity contribution in [3.8, 4) is 5.75 Å². The molecule has 0 unspecified atom stereocenters. The predicted octanol–water partition coefficient (Wildman–Crippen LogP) is 6.67. The summed E-state index contributed by atoms with van der Waals surface area (Å²) in [4.78, 5) is 12.8. The molecule has 0 amide bonds. The molecule has 2 N–H and O–H groups in total. The van der Waals surface area contributed by atoms with Crippen molar-refractivity contribution in [3.63, 3.8) is 0 Å². The zero-order valence-corrected chi connectivity index (χ0v) is 19.1. The maximum absolute atomic E-state index is 15.0. The topological polar surface area (TPSA) is 52.3 Å². The molecule has 0 radical (unpaired) electrons. The van der Waals surface area contributed by atoms with Crippen molar-refractivity contribution in [2.75, 3.05) is 0 Å². The van der Waals surface area contributed by atoms with E-state index in [1.54, 1.807) is 0 Å². The van der Waals surface area contributed by atoms with E-state index in [0.29, 0.717) is 18.1 Å². The van der Waals surface area contributed by atoms with Crippen LogP contribution in [0.1, 0.15) is 108 Å². The van der Waals surface area contributed by atoms with Gasteiger partial charge in [-0.05, 0) is 68.6 Å². The summed E-state index contributed by atoms with van der Waals surface area (Å²) in [5.41, 5.74) is 7.80. The average molecular weight is 418 g/mol. The Balaban J connectivity index is 1.72. The zero-order chi connectivity index (χ0) is 21.7. The van der Waals surface area contributed by atoms with Gasteiger partial charge in [0.15, 0.2) is 0 Å². The average Bonchev–Trinajstić information content (AvgIpc) is 2.69. The van der Waals surface area contributed by atoms with Crippen LogP contribution in [0, 0.1) is 17.2 Å². The molecule has 0 aliphatic heterocycles. The second-order valence-corrected chi connectivity index (χ2v) is 10.2. The Morgan fingerprint density at radius 2 is 1.87 bits per heavy atom. The Morgan fingerprint density at radius 3 is 2.63 bits per heavy atom. The monoisotopic (exact) mass is 417 g/mol. The molecule has 0 saturated heterocycles. The summed E-state index contributed by atoms with van der Waals surface area (Å²) in [6.07, 6.45) is 12.9. The molecule has 168 valence electrons. The highest BCUT2D eigenvalue weighted by atomic mass is 19.1. The highest BCUT2D eigenvalue weighted by molar-refractivity contribution is 5.78. The van der Waals surface area contributed by atoms with E-state index in [2.05, 4.69) is 6.92 Å². The molecule has 0 spiro atoms. The van der Waals surface area contributed by atoms with Crippen molar-refractivity contribution in [3.05, 3.63) is 29.1 Å². The lowest BCUT2D eigenvalue weighted by Crippen LogP contribution is -2.42. The van der Waals surface area contributed by atoms with Crippen LogP contribution in [0.5, 0.6) is 5.75 Å². The van der Waals surface area contributed by atoms with Crippen LogP contribution >= 0.6 is 0 Å². The van der Waals surface area contributed by atoms with Crippen LogP contribution in [0.15, 0.2) is 12.1 Å². The smallest absolute Gasteiger partial charge is 0.316 e. The van der Waals surface area contributed by atoms with Crippen molar-refractivity contribution in [2.24, 2.45) is 17.1 Å². The molecule has 2 aliphatic rings. The van der Waals surface area contributed by atoms with Gasteiger partial charge in [0.05, 0.1) is 5.41 Å². The van der Waals surface area contributed by atoms with Crippen molar-refractivity contribution in [2.45, 2.75) is 110 Å². The number of esters is 1. The Bertz CT molecular complexity index is 730. The molecule has 0 aromatic heterocycles. The van der Waals surface area contributed by atoms with Crippen molar-refractivity contribution in [1.29, 1.82) is 0 Å². The highest BCUT2D eigenvalue weighted by Crippen LogP contribution is 2.43. The predicted molar refractivity (Wildman–Crippen MR) is 120 cm³/mol. The van der Waals surface area contributed by atoms with Crippen LogP contribution in [0.4, 0.5) is 4.39 Å². The van der Waals surface area contributed by atoms with E-state index in [0.717, 1.165) is 49.7 Å². The van der Waals surface area contributed by atoms with E-state index >= 15 is 4.39 Å². The minimum absolute atomic E-state index is 0.0720. The SMILES string of the molecule is CCCCCCCC(C)(C)C(=O)Oc1cc(F)c2c(c1)[C@H]1CCCCC[C@@H](C2)[C@@H]1N. The quantitative estimate of drug-likeness (QED) is 0.292. The van der Waals surface area contributed by atoms with Gasteiger partial charge in [0, 0.05) is 12.1 Å². The molecule has 1 aromatic rings. The largest absolute Gasteiger partial charge is 0.426 e. The number of carbonyl (C=O) groups excluding carboxylic acids is 1. The van der Waals surface area contributed by atoms with Gasteiger partial charge < -0.3 is 10.5 Å². The van der Waals surface area contributed by atoms with Crippen LogP contribution in [0.25, 0.3) is 0 Å². The summed E-state index contributed by atoms with van der Waals surface area (Å²) in [6, 6.07) is 3.38. The van der Waals surface area contributed by atoms with Crippen LogP contribution in [0.3, 0.4) is 0 Å². The number of halogens is 1. The highest BCUT2D eigenvalue weighted by Gasteiger charge is 2.37. The number of rotatable bonds is 8. The number of hydrogen-bond donors (Lipinski definition) is 1. The van der Waals surface area contributed by atoms with Gasteiger partial charge in [0.25, 0.3) is 0 Å². The Hall–Kier alpha value is -1.42. The molecule has 4 heteroatoms. The van der Waals surface area contributed by atoms with E-state index < -0.39 is 5.41 Å². The maximum Gasteiger partial charge on any atom is 0.316 e. The summed E-state index contributed by atoms with van der Waals surface area (Å²) in [5.74, 6) is 0.349. The summed E-state index contributed by atoms with van der Waals surface area (Å²) in [7, 11) is 0. The molecule has 30 heavy (non-hydrogen) atoms. The van der Waals surface area contributed by atoms with E-state index in [9.17, 15) is 4.79 Å². The lowest BCUT2D eigenvalue weighted by molar-refractivity contribution is -0.144. The van der Waals surface area contributed by atoms with Gasteiger partial charge in [-0.15, -0.1) is 0 Å². The van der Waals surface area contributed by atoms with Crippen molar-refractivity contribution < 1.29 is 13.9 Å². The molecule has 0 heterocycles. The van der Waals surface area contributed by atoms with Crippen LogP contribution < -0.4 is 10.5 Å². The molecule has 3 atom stereocenters. The fraction of sp³-hybridized carbons (Fsp3) is 0.731. The molecular formula is C26H40FNO2. The minimum Gasteiger partial charge on any atom is -0.426 e. The summed E-state index contributed by atoms with van der Waals surface area (Å²) >= 11 is 0. The zero-order valence-electron chi connectivity index (χ0n) is 19.1. The second kappa shape index (κ2) is 10.3. The molecule has 2 aliphatic carbocycles. The summed E-state index contributed by atoms with van der Waals surface area (Å²) in [6.45, 7) is 6.06. The molecule has 1 aromatic carbocycles. The second-order valence-electron chi connectivity index (χ2n) is 10.2. The van der Waals surface area contributed by atoms with Crippen LogP contribution in [0.2, 0.25) is 0 Å². The third-order valence-electron chi connectivity index (χ3n) is 7.34. The number of ether oxygens (including phenoxy) is 1. The fourth-order valence-electron chi connectivity index (χ4n) is 5.28. The summed E-state index contributed by atoms with van der Waals surface area (Å²) in [5, 5.41) is 0. The molecular weight excluding hydrogens is 377 g/mol. The van der Waals surface area contributed by atoms with Gasteiger partial charge >= 0.3 is 5.97 Å². The first-order valence-electron chi connectivity index (χ1n) is 12.1. The standard InChI is InChI=1S/C26H40FNO2/c1-4-5-6-7-11-14-26(2,3)25(29)30-19-16-21-20-13-10-8-9-12-18(24(20)28)15-22(21)23(27)17-19/h16-18,20,24H,4-15,28H2,1-3H3/t18-,20+,24-/m0/s1. The van der Waals surface area contributed by atoms with Gasteiger partial charge in [-0.3, -0.25) is 4.79 Å². The number of benzene rings is 1.